The van der Waals surface area contributed by atoms with Crippen LogP contribution in [0.2, 0.25) is 0 Å². The van der Waals surface area contributed by atoms with Gasteiger partial charge in [-0.3, -0.25) is 24.0 Å². The van der Waals surface area contributed by atoms with Crippen LogP contribution in [0.5, 0.6) is 5.75 Å². The molecule has 6 atom stereocenters. The Bertz CT molecular complexity index is 1150. The maximum absolute atomic E-state index is 14.2. The number of amides is 3. The van der Waals surface area contributed by atoms with Crippen LogP contribution >= 0.6 is 0 Å². The Balaban J connectivity index is 1.52. The number of phenolic OH excluding ortho intramolecular Hbond substituents is 1. The van der Waals surface area contributed by atoms with Gasteiger partial charge in [-0.1, -0.05) is 19.1 Å². The molecule has 0 saturated carbocycles. The van der Waals surface area contributed by atoms with Gasteiger partial charge in [0.2, 0.25) is 17.7 Å². The second kappa shape index (κ2) is 10.5. The number of carbonyl (C=O) groups is 5. The topological polar surface area (TPSA) is 157 Å². The van der Waals surface area contributed by atoms with E-state index in [0.717, 1.165) is 0 Å². The summed E-state index contributed by atoms with van der Waals surface area (Å²) in [5, 5.41) is 10.1. The quantitative estimate of drug-likeness (QED) is 0.471. The van der Waals surface area contributed by atoms with Crippen LogP contribution in [-0.4, -0.2) is 94.8 Å². The third-order valence-electron chi connectivity index (χ3n) is 8.14. The molecule has 3 N–H and O–H groups in total. The molecule has 0 bridgehead atoms. The maximum Gasteiger partial charge on any atom is 0.231 e. The first-order valence-corrected chi connectivity index (χ1v) is 13.0. The molecule has 1 aromatic carbocycles. The molecule has 0 aliphatic carbocycles. The van der Waals surface area contributed by atoms with Crippen LogP contribution in [0.3, 0.4) is 0 Å². The SMILES string of the molecule is CC(CC([C](Cc1cccc(O)c1)C(=O)N1CCC2OCC(=O)C21)C(=O)N1CCC2OCC(=O)C21)C(N)=O. The number of aromatic hydroxyl groups is 1. The van der Waals surface area contributed by atoms with E-state index in [4.69, 9.17) is 15.2 Å². The third-order valence-corrected chi connectivity index (χ3v) is 8.14. The van der Waals surface area contributed by atoms with Crippen molar-refractivity contribution in [2.45, 2.75) is 56.9 Å². The fraction of sp³-hybridized carbons (Fsp3) is 0.556. The molecular weight excluding hydrogens is 494 g/mol. The highest BCUT2D eigenvalue weighted by atomic mass is 16.5. The van der Waals surface area contributed by atoms with E-state index in [1.807, 2.05) is 0 Å². The van der Waals surface area contributed by atoms with Gasteiger partial charge in [0.25, 0.3) is 0 Å². The summed E-state index contributed by atoms with van der Waals surface area (Å²) in [5.74, 6) is -3.56. The lowest BCUT2D eigenvalue weighted by Gasteiger charge is -2.34. The van der Waals surface area contributed by atoms with Crippen LogP contribution in [0.1, 0.15) is 31.7 Å². The Labute approximate surface area is 220 Å². The molecule has 4 heterocycles. The largest absolute Gasteiger partial charge is 0.508 e. The molecule has 5 rings (SSSR count). The number of phenols is 1. The molecule has 1 aromatic rings. The number of carbonyl (C=O) groups excluding carboxylic acids is 5. The normalized spacial score (nSPS) is 28.1. The Morgan fingerprint density at radius 2 is 1.63 bits per heavy atom. The van der Waals surface area contributed by atoms with Gasteiger partial charge in [0.15, 0.2) is 11.6 Å². The zero-order chi connectivity index (χ0) is 27.1. The Morgan fingerprint density at radius 3 is 2.24 bits per heavy atom. The van der Waals surface area contributed by atoms with Gasteiger partial charge >= 0.3 is 0 Å². The second-order valence-electron chi connectivity index (χ2n) is 10.6. The van der Waals surface area contributed by atoms with Gasteiger partial charge in [0, 0.05) is 19.0 Å². The van der Waals surface area contributed by atoms with Crippen LogP contribution in [0, 0.1) is 17.8 Å². The second-order valence-corrected chi connectivity index (χ2v) is 10.6. The Hall–Kier alpha value is -3.31. The summed E-state index contributed by atoms with van der Waals surface area (Å²) in [6.07, 6.45) is 0.184. The van der Waals surface area contributed by atoms with Crippen LogP contribution in [0.15, 0.2) is 24.3 Å². The van der Waals surface area contributed by atoms with Crippen LogP contribution in [-0.2, 0) is 39.9 Å². The highest BCUT2D eigenvalue weighted by Crippen LogP contribution is 2.37. The first-order valence-electron chi connectivity index (χ1n) is 13.0. The number of benzene rings is 1. The number of fused-ring (bicyclic) bond motifs is 2. The summed E-state index contributed by atoms with van der Waals surface area (Å²) < 4.78 is 11.1. The number of hydrogen-bond donors (Lipinski definition) is 2. The van der Waals surface area contributed by atoms with Gasteiger partial charge in [0.1, 0.15) is 31.0 Å². The maximum atomic E-state index is 14.2. The molecule has 0 spiro atoms. The number of primary amides is 1. The standard InChI is InChI=1S/C27H32N3O8/c1-14(25(28)34)9-17(26(35)29-7-5-21-23(29)19(32)12-37-21)18(11-15-3-2-4-16(31)10-15)27(36)30-8-6-22-24(30)20(33)13-38-22/h2-4,10,14,17,21-24,31H,5-9,11-13H2,1H3,(H2,28,34). The van der Waals surface area contributed by atoms with Crippen molar-refractivity contribution < 1.29 is 38.6 Å². The molecule has 4 saturated heterocycles. The molecule has 1 radical (unpaired) electrons. The van der Waals surface area contributed by atoms with Gasteiger partial charge in [-0.2, -0.15) is 0 Å². The number of hydrogen-bond acceptors (Lipinski definition) is 8. The molecule has 4 aliphatic heterocycles. The summed E-state index contributed by atoms with van der Waals surface area (Å²) in [5.41, 5.74) is 6.15. The van der Waals surface area contributed by atoms with E-state index in [1.165, 1.54) is 21.9 Å². The molecule has 0 aromatic heterocycles. The highest BCUT2D eigenvalue weighted by molar-refractivity contribution is 6.02. The van der Waals surface area contributed by atoms with Crippen molar-refractivity contribution in [2.24, 2.45) is 17.6 Å². The smallest absolute Gasteiger partial charge is 0.231 e. The molecule has 6 unspecified atom stereocenters. The molecular formula is C27H32N3O8. The molecule has 4 fully saturated rings. The summed E-state index contributed by atoms with van der Waals surface area (Å²) in [7, 11) is 0. The minimum Gasteiger partial charge on any atom is -0.508 e. The van der Waals surface area contributed by atoms with Crippen LogP contribution < -0.4 is 5.73 Å². The lowest BCUT2D eigenvalue weighted by Crippen LogP contribution is -2.51. The van der Waals surface area contributed by atoms with Crippen molar-refractivity contribution in [3.05, 3.63) is 35.7 Å². The highest BCUT2D eigenvalue weighted by Gasteiger charge is 2.53. The van der Waals surface area contributed by atoms with Gasteiger partial charge in [-0.05, 0) is 43.4 Å². The first kappa shape index (κ1) is 26.3. The first-order chi connectivity index (χ1) is 18.2. The number of likely N-dealkylation sites (tertiary alicyclic amines) is 2. The monoisotopic (exact) mass is 526 g/mol. The van der Waals surface area contributed by atoms with E-state index in [0.29, 0.717) is 18.4 Å². The number of Topliss-reactive ketones (excluding diaryl/α,β-unsaturated/α-hetero) is 2. The number of nitrogens with two attached hydrogens (primary N) is 1. The zero-order valence-electron chi connectivity index (χ0n) is 21.2. The molecule has 11 heteroatoms. The van der Waals surface area contributed by atoms with Gasteiger partial charge in [-0.15, -0.1) is 0 Å². The van der Waals surface area contributed by atoms with Crippen molar-refractivity contribution in [2.75, 3.05) is 26.3 Å². The van der Waals surface area contributed by atoms with Crippen molar-refractivity contribution in [1.29, 1.82) is 0 Å². The van der Waals surface area contributed by atoms with E-state index in [1.54, 1.807) is 19.1 Å². The van der Waals surface area contributed by atoms with E-state index >= 15 is 0 Å². The molecule has 11 nitrogen and oxygen atoms in total. The third kappa shape index (κ3) is 4.80. The van der Waals surface area contributed by atoms with Crippen molar-refractivity contribution in [1.82, 2.24) is 9.80 Å². The lowest BCUT2D eigenvalue weighted by molar-refractivity contribution is -0.143. The van der Waals surface area contributed by atoms with Crippen LogP contribution in [0.25, 0.3) is 0 Å². The average molecular weight is 527 g/mol. The molecule has 3 amide bonds. The van der Waals surface area contributed by atoms with E-state index in [-0.39, 0.29) is 68.5 Å². The number of ether oxygens (including phenoxy) is 2. The van der Waals surface area contributed by atoms with E-state index in [2.05, 4.69) is 0 Å². The summed E-state index contributed by atoms with van der Waals surface area (Å²) in [6, 6.07) is 4.90. The summed E-state index contributed by atoms with van der Waals surface area (Å²) in [4.78, 5) is 68.5. The minimum absolute atomic E-state index is 0.000581. The van der Waals surface area contributed by atoms with Crippen molar-refractivity contribution >= 4 is 29.3 Å². The Kier molecular flexibility index (Phi) is 7.23. The number of rotatable bonds is 8. The van der Waals surface area contributed by atoms with E-state index < -0.39 is 47.7 Å². The predicted octanol–water partition coefficient (Wildman–Crippen LogP) is -0.226. The number of nitrogens with zero attached hydrogens (tertiary/aromatic N) is 2. The zero-order valence-corrected chi connectivity index (χ0v) is 21.2. The fourth-order valence-corrected chi connectivity index (χ4v) is 6.14. The predicted molar refractivity (Wildman–Crippen MR) is 131 cm³/mol. The fourth-order valence-electron chi connectivity index (χ4n) is 6.14. The molecule has 4 aliphatic rings. The summed E-state index contributed by atoms with van der Waals surface area (Å²) in [6.45, 7) is 2.03. The van der Waals surface area contributed by atoms with Crippen LogP contribution in [0.4, 0.5) is 0 Å². The minimum atomic E-state index is -1.07. The van der Waals surface area contributed by atoms with Crippen molar-refractivity contribution in [3.63, 3.8) is 0 Å². The molecule has 38 heavy (non-hydrogen) atoms. The van der Waals surface area contributed by atoms with E-state index in [9.17, 15) is 29.1 Å². The lowest BCUT2D eigenvalue weighted by atomic mass is 9.79. The average Bonchev–Trinajstić information content (AvgIpc) is 3.65. The Morgan fingerprint density at radius 1 is 1.03 bits per heavy atom. The number of ketones is 2. The van der Waals surface area contributed by atoms with Gasteiger partial charge < -0.3 is 30.1 Å². The van der Waals surface area contributed by atoms with Crippen molar-refractivity contribution in [3.8, 4) is 5.75 Å². The van der Waals surface area contributed by atoms with Gasteiger partial charge in [0.05, 0.1) is 24.0 Å². The van der Waals surface area contributed by atoms with Gasteiger partial charge in [-0.25, -0.2) is 0 Å². The summed E-state index contributed by atoms with van der Waals surface area (Å²) >= 11 is 0. The molecule has 203 valence electrons.